The summed E-state index contributed by atoms with van der Waals surface area (Å²) in [6.07, 6.45) is 0. The molecule has 0 aliphatic carbocycles. The first-order valence-electron chi connectivity index (χ1n) is 5.07. The van der Waals surface area contributed by atoms with Crippen molar-refractivity contribution in [1.29, 1.82) is 0 Å². The van der Waals surface area contributed by atoms with Crippen molar-refractivity contribution < 1.29 is 9.59 Å². The molecule has 2 unspecified atom stereocenters. The van der Waals surface area contributed by atoms with Crippen molar-refractivity contribution in [1.82, 2.24) is 15.2 Å². The Hall–Kier alpha value is -1.43. The summed E-state index contributed by atoms with van der Waals surface area (Å²) in [4.78, 5) is 29.2. The van der Waals surface area contributed by atoms with Crippen molar-refractivity contribution in [3.63, 3.8) is 0 Å². The van der Waals surface area contributed by atoms with Crippen LogP contribution in [0.1, 0.15) is 19.5 Å². The summed E-state index contributed by atoms with van der Waals surface area (Å²) in [6.45, 7) is 3.83. The van der Waals surface area contributed by atoms with Crippen molar-refractivity contribution in [3.8, 4) is 0 Å². The first kappa shape index (κ1) is 11.1. The molecule has 2 amide bonds. The number of aromatic nitrogens is 1. The van der Waals surface area contributed by atoms with Crippen molar-refractivity contribution in [3.05, 3.63) is 16.6 Å². The number of hydrogen-bond donors (Lipinski definition) is 1. The third-order valence-electron chi connectivity index (χ3n) is 2.68. The molecule has 5 nitrogen and oxygen atoms in total. The molecule has 0 saturated carbocycles. The van der Waals surface area contributed by atoms with E-state index in [1.165, 1.54) is 11.3 Å². The van der Waals surface area contributed by atoms with E-state index in [2.05, 4.69) is 10.3 Å². The number of hydrogen-bond acceptors (Lipinski definition) is 4. The molecule has 6 heteroatoms. The monoisotopic (exact) mass is 239 g/mol. The standard InChI is InChI=1S/C10H13N3O2S/c1-6-10(15)13(7(2)9(14)12-6)3-8-4-16-5-11-8/h4-7H,3H2,1-2H3,(H,12,14). The number of rotatable bonds is 2. The van der Waals surface area contributed by atoms with Crippen LogP contribution in [0.25, 0.3) is 0 Å². The van der Waals surface area contributed by atoms with Crippen LogP contribution in [0.5, 0.6) is 0 Å². The number of nitrogens with zero attached hydrogens (tertiary/aromatic N) is 2. The minimum atomic E-state index is -0.442. The molecule has 86 valence electrons. The third kappa shape index (κ3) is 1.92. The van der Waals surface area contributed by atoms with E-state index in [-0.39, 0.29) is 11.8 Å². The lowest BCUT2D eigenvalue weighted by Gasteiger charge is -2.35. The van der Waals surface area contributed by atoms with Gasteiger partial charge in [0.25, 0.3) is 0 Å². The number of amides is 2. The zero-order valence-electron chi connectivity index (χ0n) is 9.14. The van der Waals surface area contributed by atoms with E-state index in [4.69, 9.17) is 0 Å². The molecule has 0 spiro atoms. The van der Waals surface area contributed by atoms with Crippen LogP contribution in [0.4, 0.5) is 0 Å². The zero-order valence-corrected chi connectivity index (χ0v) is 9.95. The van der Waals surface area contributed by atoms with Gasteiger partial charge in [-0.05, 0) is 13.8 Å². The van der Waals surface area contributed by atoms with Gasteiger partial charge in [0.15, 0.2) is 0 Å². The Labute approximate surface area is 97.5 Å². The summed E-state index contributed by atoms with van der Waals surface area (Å²) in [6, 6.07) is -0.868. The molecule has 1 fully saturated rings. The fourth-order valence-electron chi connectivity index (χ4n) is 1.68. The molecule has 0 bridgehead atoms. The fraction of sp³-hybridized carbons (Fsp3) is 0.500. The van der Waals surface area contributed by atoms with Gasteiger partial charge >= 0.3 is 0 Å². The summed E-state index contributed by atoms with van der Waals surface area (Å²) in [5.74, 6) is -0.164. The van der Waals surface area contributed by atoms with Crippen LogP contribution in [0, 0.1) is 0 Å². The van der Waals surface area contributed by atoms with Crippen molar-refractivity contribution in [2.24, 2.45) is 0 Å². The van der Waals surface area contributed by atoms with Crippen molar-refractivity contribution in [2.45, 2.75) is 32.5 Å². The molecule has 1 saturated heterocycles. The lowest BCUT2D eigenvalue weighted by Crippen LogP contribution is -2.60. The first-order chi connectivity index (χ1) is 7.59. The van der Waals surface area contributed by atoms with Gasteiger partial charge in [0.05, 0.1) is 17.7 Å². The Kier molecular flexibility index (Phi) is 2.91. The summed E-state index contributed by atoms with van der Waals surface area (Å²) in [5, 5.41) is 4.53. The smallest absolute Gasteiger partial charge is 0.245 e. The molecule has 0 aromatic carbocycles. The van der Waals surface area contributed by atoms with E-state index in [1.807, 2.05) is 5.38 Å². The van der Waals surface area contributed by atoms with Crippen LogP contribution in [0.15, 0.2) is 10.9 Å². The molecule has 1 N–H and O–H groups in total. The normalized spacial score (nSPS) is 25.8. The van der Waals surface area contributed by atoms with Crippen molar-refractivity contribution in [2.75, 3.05) is 0 Å². The first-order valence-corrected chi connectivity index (χ1v) is 6.02. The van der Waals surface area contributed by atoms with Gasteiger partial charge < -0.3 is 10.2 Å². The average molecular weight is 239 g/mol. The number of carbonyl (C=O) groups excluding carboxylic acids is 2. The van der Waals surface area contributed by atoms with Gasteiger partial charge in [0.1, 0.15) is 12.1 Å². The van der Waals surface area contributed by atoms with Gasteiger partial charge in [-0.2, -0.15) is 0 Å². The highest BCUT2D eigenvalue weighted by molar-refractivity contribution is 7.07. The molecule has 1 aromatic heterocycles. The fourth-order valence-corrected chi connectivity index (χ4v) is 2.23. The molecule has 0 radical (unpaired) electrons. The van der Waals surface area contributed by atoms with E-state index in [1.54, 1.807) is 24.3 Å². The summed E-state index contributed by atoms with van der Waals surface area (Å²) in [7, 11) is 0. The second-order valence-corrected chi connectivity index (χ2v) is 4.57. The summed E-state index contributed by atoms with van der Waals surface area (Å²) < 4.78 is 0. The maximum atomic E-state index is 11.9. The number of nitrogens with one attached hydrogen (secondary N) is 1. The molecular formula is C10H13N3O2S. The SMILES string of the molecule is CC1NC(=O)C(C)N(Cc2cscn2)C1=O. The Morgan fingerprint density at radius 2 is 2.25 bits per heavy atom. The van der Waals surface area contributed by atoms with Crippen LogP contribution in [-0.2, 0) is 16.1 Å². The van der Waals surface area contributed by atoms with E-state index in [0.717, 1.165) is 5.69 Å². The Balaban J connectivity index is 2.17. The number of thiazole rings is 1. The largest absolute Gasteiger partial charge is 0.343 e. The van der Waals surface area contributed by atoms with Crippen LogP contribution < -0.4 is 5.32 Å². The molecule has 1 aliphatic rings. The van der Waals surface area contributed by atoms with E-state index < -0.39 is 12.1 Å². The predicted octanol–water partition coefficient (Wildman–Crippen LogP) is 0.378. The highest BCUT2D eigenvalue weighted by atomic mass is 32.1. The maximum absolute atomic E-state index is 11.9. The van der Waals surface area contributed by atoms with E-state index >= 15 is 0 Å². The van der Waals surface area contributed by atoms with E-state index in [0.29, 0.717) is 6.54 Å². The molecule has 2 atom stereocenters. The van der Waals surface area contributed by atoms with Gasteiger partial charge in [-0.3, -0.25) is 9.59 Å². The van der Waals surface area contributed by atoms with E-state index in [9.17, 15) is 9.59 Å². The van der Waals surface area contributed by atoms with Gasteiger partial charge in [-0.15, -0.1) is 11.3 Å². The number of piperazine rings is 1. The molecule has 1 aliphatic heterocycles. The third-order valence-corrected chi connectivity index (χ3v) is 3.31. The van der Waals surface area contributed by atoms with Crippen molar-refractivity contribution >= 4 is 23.2 Å². The molecular weight excluding hydrogens is 226 g/mol. The van der Waals surface area contributed by atoms with Crippen LogP contribution >= 0.6 is 11.3 Å². The van der Waals surface area contributed by atoms with Crippen LogP contribution in [0.2, 0.25) is 0 Å². The second-order valence-electron chi connectivity index (χ2n) is 3.85. The Morgan fingerprint density at radius 1 is 1.50 bits per heavy atom. The number of carbonyl (C=O) groups is 2. The second kappa shape index (κ2) is 4.21. The van der Waals surface area contributed by atoms with Gasteiger partial charge in [-0.1, -0.05) is 0 Å². The van der Waals surface area contributed by atoms with Gasteiger partial charge in [-0.25, -0.2) is 4.98 Å². The maximum Gasteiger partial charge on any atom is 0.245 e. The van der Waals surface area contributed by atoms with Gasteiger partial charge in [0, 0.05) is 5.38 Å². The minimum Gasteiger partial charge on any atom is -0.343 e. The molecule has 2 heterocycles. The molecule has 1 aromatic rings. The summed E-state index contributed by atoms with van der Waals surface area (Å²) >= 11 is 1.48. The zero-order chi connectivity index (χ0) is 11.7. The highest BCUT2D eigenvalue weighted by Gasteiger charge is 2.35. The lowest BCUT2D eigenvalue weighted by molar-refractivity contribution is -0.148. The minimum absolute atomic E-state index is 0.0555. The molecule has 16 heavy (non-hydrogen) atoms. The van der Waals surface area contributed by atoms with Crippen LogP contribution in [0.3, 0.4) is 0 Å². The highest BCUT2D eigenvalue weighted by Crippen LogP contribution is 2.14. The lowest BCUT2D eigenvalue weighted by atomic mass is 10.1. The Bertz CT molecular complexity index is 404. The summed E-state index contributed by atoms with van der Waals surface area (Å²) in [5.41, 5.74) is 2.55. The average Bonchev–Trinajstić information content (AvgIpc) is 2.74. The van der Waals surface area contributed by atoms with Crippen LogP contribution in [-0.4, -0.2) is 33.8 Å². The molecule has 2 rings (SSSR count). The topological polar surface area (TPSA) is 62.3 Å². The quantitative estimate of drug-likeness (QED) is 0.811. The Morgan fingerprint density at radius 3 is 2.88 bits per heavy atom. The predicted molar refractivity (Wildman–Crippen MR) is 59.7 cm³/mol. The van der Waals surface area contributed by atoms with Gasteiger partial charge in [0.2, 0.25) is 11.8 Å².